The Balaban J connectivity index is -0.0000000221. The first-order valence-electron chi connectivity index (χ1n) is 2.09. The maximum Gasteiger partial charge on any atom is 3.00 e. The van der Waals surface area contributed by atoms with Crippen molar-refractivity contribution in [2.45, 2.75) is 13.8 Å². The topological polar surface area (TPSA) is 23.8 Å². The molecule has 55 valence electrons. The summed E-state index contributed by atoms with van der Waals surface area (Å²) in [5.74, 6) is 0. The molecule has 0 spiro atoms. The van der Waals surface area contributed by atoms with Crippen LogP contribution in [0.3, 0.4) is 0 Å². The quantitative estimate of drug-likeness (QED) is 0.364. The Morgan fingerprint density at radius 2 is 1.33 bits per heavy atom. The third kappa shape index (κ3) is 674. The van der Waals surface area contributed by atoms with E-state index in [9.17, 15) is 0 Å². The van der Waals surface area contributed by atoms with Crippen LogP contribution in [0.25, 0.3) is 5.73 Å². The van der Waals surface area contributed by atoms with E-state index in [4.69, 9.17) is 5.73 Å². The summed E-state index contributed by atoms with van der Waals surface area (Å²) >= 11 is 7.43. The van der Waals surface area contributed by atoms with Crippen molar-refractivity contribution >= 4 is 29.2 Å². The predicted octanol–water partition coefficient (Wildman–Crippen LogP) is 2.93. The smallest absolute Gasteiger partial charge is 0.684 e. The number of hydrogen-bond acceptors (Lipinski definition) is 1. The number of thiol groups is 1. The van der Waals surface area contributed by atoms with Crippen LogP contribution >= 0.6 is 24.8 Å². The normalized spacial score (nSPS) is 4.11. The van der Waals surface area contributed by atoms with Crippen molar-refractivity contribution < 1.29 is 17.4 Å². The van der Waals surface area contributed by atoms with E-state index >= 15 is 0 Å². The molecule has 0 fully saturated rings. The molecule has 1 radical (unpaired) electrons. The summed E-state index contributed by atoms with van der Waals surface area (Å²) < 4.78 is -0.0556. The van der Waals surface area contributed by atoms with Crippen LogP contribution in [0.1, 0.15) is 13.8 Å². The van der Waals surface area contributed by atoms with Crippen molar-refractivity contribution in [3.63, 3.8) is 0 Å². The van der Waals surface area contributed by atoms with Crippen LogP contribution in [0, 0.1) is 13.8 Å². The Kier molecular flexibility index (Phi) is 93.4. The van der Waals surface area contributed by atoms with E-state index in [2.05, 4.69) is 38.7 Å². The molecule has 4 heteroatoms. The molecule has 0 unspecified atom stereocenters. The molecule has 0 aliphatic carbocycles. The summed E-state index contributed by atoms with van der Waals surface area (Å²) in [5.41, 5.74) is 6.18. The predicted molar refractivity (Wildman–Crippen MR) is 48.0 cm³/mol. The van der Waals surface area contributed by atoms with Gasteiger partial charge in [0.25, 0.3) is 0 Å². The molecule has 0 aliphatic heterocycles. The second kappa shape index (κ2) is 37.2. The van der Waals surface area contributed by atoms with Gasteiger partial charge in [-0.1, -0.05) is 12.2 Å². The van der Waals surface area contributed by atoms with Crippen LogP contribution in [0.15, 0.2) is 0 Å². The van der Waals surface area contributed by atoms with E-state index in [1.165, 1.54) is 0 Å². The Morgan fingerprint density at radius 1 is 1.33 bits per heavy atom. The van der Waals surface area contributed by atoms with Gasteiger partial charge in [-0.05, 0) is 4.32 Å². The molecule has 0 aromatic heterocycles. The Morgan fingerprint density at radius 3 is 1.33 bits per heavy atom. The third-order valence-corrected chi connectivity index (χ3v) is 0. The molecule has 0 saturated carbocycles. The Hall–Kier alpha value is 0.772. The average molecular weight is 202 g/mol. The zero-order chi connectivity index (χ0) is 7.58. The van der Waals surface area contributed by atoms with Crippen LogP contribution in [-0.2, 0) is 17.4 Å². The molecule has 0 amide bonds. The van der Waals surface area contributed by atoms with Crippen molar-refractivity contribution in [3.8, 4) is 0 Å². The summed E-state index contributed by atoms with van der Waals surface area (Å²) in [5, 5.41) is 0. The largest absolute Gasteiger partial charge is 3.00 e. The molecule has 0 rings (SSSR count). The number of nitrogens with one attached hydrogen (secondary N) is 1. The van der Waals surface area contributed by atoms with Gasteiger partial charge in [0.15, 0.2) is 0 Å². The second-order valence-electron chi connectivity index (χ2n) is 0.305. The fraction of sp³-hybridized carbons (Fsp3) is 0.400. The van der Waals surface area contributed by atoms with Crippen LogP contribution in [0.4, 0.5) is 0 Å². The molecule has 0 bridgehead atoms. The number of hydrogen-bond donors (Lipinski definition) is 1. The van der Waals surface area contributed by atoms with Crippen molar-refractivity contribution in [1.82, 2.24) is 0 Å². The van der Waals surface area contributed by atoms with Crippen LogP contribution in [0.2, 0.25) is 0 Å². The zero-order valence-corrected chi connectivity index (χ0v) is 8.66. The number of rotatable bonds is 0. The van der Waals surface area contributed by atoms with Gasteiger partial charge < -0.3 is 19.6 Å². The van der Waals surface area contributed by atoms with Gasteiger partial charge in [-0.3, -0.25) is 0 Å². The standard InChI is InChI=1S/2C2H5.CH3NS2.Cr/c2*1-2;2-1(3)4;/h2*1H2,2H3;(H3,2,3,4);/q2*-1;;+3/p-1. The molecule has 0 saturated heterocycles. The zero-order valence-electron chi connectivity index (χ0n) is 5.68. The maximum absolute atomic E-state index is 6.18. The van der Waals surface area contributed by atoms with Crippen molar-refractivity contribution in [2.75, 3.05) is 0 Å². The van der Waals surface area contributed by atoms with Gasteiger partial charge in [-0.2, -0.15) is 26.5 Å². The van der Waals surface area contributed by atoms with Gasteiger partial charge in [-0.15, -0.1) is 0 Å². The summed E-state index contributed by atoms with van der Waals surface area (Å²) in [6, 6.07) is 0. The molecule has 0 aromatic carbocycles. The van der Waals surface area contributed by atoms with E-state index in [1.807, 2.05) is 0 Å². The fourth-order valence-electron chi connectivity index (χ4n) is 0. The van der Waals surface area contributed by atoms with Gasteiger partial charge >= 0.3 is 17.4 Å². The van der Waals surface area contributed by atoms with Crippen molar-refractivity contribution in [3.05, 3.63) is 19.6 Å². The number of thiocarbonyl (C=S) groups is 1. The van der Waals surface area contributed by atoms with Crippen molar-refractivity contribution in [2.24, 2.45) is 0 Å². The Bertz CT molecular complexity index is 37.9. The minimum Gasteiger partial charge on any atom is -0.684 e. The van der Waals surface area contributed by atoms with Crippen molar-refractivity contribution in [1.29, 1.82) is 0 Å². The van der Waals surface area contributed by atoms with Gasteiger partial charge in [-0.25, -0.2) is 0 Å². The van der Waals surface area contributed by atoms with E-state index in [0.717, 1.165) is 0 Å². The molecule has 0 aromatic rings. The minimum absolute atomic E-state index is 0. The first-order chi connectivity index (χ1) is 3.73. The molecule has 0 heterocycles. The van der Waals surface area contributed by atoms with E-state index in [1.54, 1.807) is 13.8 Å². The summed E-state index contributed by atoms with van der Waals surface area (Å²) in [6.45, 7) is 10.0. The minimum atomic E-state index is -0.0556. The summed E-state index contributed by atoms with van der Waals surface area (Å²) in [7, 11) is 0. The molecule has 0 atom stereocenters. The molecule has 1 N–H and O–H groups in total. The molecule has 1 nitrogen and oxygen atoms in total. The van der Waals surface area contributed by atoms with Crippen LogP contribution in [0.5, 0.6) is 0 Å². The van der Waals surface area contributed by atoms with Gasteiger partial charge in [0.2, 0.25) is 0 Å². The molecular formula is C5H12CrNS2. The third-order valence-electron chi connectivity index (χ3n) is 0. The maximum atomic E-state index is 6.18. The monoisotopic (exact) mass is 202 g/mol. The second-order valence-corrected chi connectivity index (χ2v) is 1.46. The molecular weight excluding hydrogens is 190 g/mol. The SMILES string of the molecule is [CH2-]C.[CH2-]C.[Cr+3].[NH-]C(=S)S. The van der Waals surface area contributed by atoms with Gasteiger partial charge in [0.05, 0.1) is 0 Å². The molecule has 9 heavy (non-hydrogen) atoms. The summed E-state index contributed by atoms with van der Waals surface area (Å²) in [4.78, 5) is 0. The summed E-state index contributed by atoms with van der Waals surface area (Å²) in [6.07, 6.45) is 0. The first-order valence-corrected chi connectivity index (χ1v) is 2.95. The van der Waals surface area contributed by atoms with Crippen LogP contribution < -0.4 is 0 Å². The fourth-order valence-corrected chi connectivity index (χ4v) is 0. The van der Waals surface area contributed by atoms with Crippen LogP contribution in [-0.4, -0.2) is 4.32 Å². The van der Waals surface area contributed by atoms with Gasteiger partial charge in [0.1, 0.15) is 0 Å². The van der Waals surface area contributed by atoms with E-state index in [-0.39, 0.29) is 21.7 Å². The van der Waals surface area contributed by atoms with E-state index < -0.39 is 0 Å². The Labute approximate surface area is 79.9 Å². The molecule has 0 aliphatic rings. The average Bonchev–Trinajstić information content (AvgIpc) is 1.75. The van der Waals surface area contributed by atoms with Gasteiger partial charge in [0, 0.05) is 0 Å². The first kappa shape index (κ1) is 22.6. The van der Waals surface area contributed by atoms with E-state index in [0.29, 0.717) is 0 Å².